The zero-order valence-electron chi connectivity index (χ0n) is 15.6. The predicted molar refractivity (Wildman–Crippen MR) is 105 cm³/mol. The lowest BCUT2D eigenvalue weighted by Crippen LogP contribution is -2.32. The fourth-order valence-corrected chi connectivity index (χ4v) is 2.61. The third-order valence-corrected chi connectivity index (χ3v) is 4.26. The number of halogens is 1. The van der Waals surface area contributed by atoms with Crippen molar-refractivity contribution in [3.05, 3.63) is 41.4 Å². The number of nitrogens with zero attached hydrogens (tertiary/aromatic N) is 1. The van der Waals surface area contributed by atoms with E-state index < -0.39 is 16.7 Å². The minimum absolute atomic E-state index is 0.200. The number of carboxylic acid groups (broad SMARTS) is 2. The molecule has 27 heavy (non-hydrogen) atoms. The van der Waals surface area contributed by atoms with Crippen LogP contribution < -0.4 is 0 Å². The number of likely N-dealkylation sites (N-methyl/N-ethyl adjacent to an activating group) is 1. The molecule has 0 heterocycles. The van der Waals surface area contributed by atoms with E-state index in [0.717, 1.165) is 11.4 Å². The summed E-state index contributed by atoms with van der Waals surface area (Å²) in [5.41, 5.74) is 0. The van der Waals surface area contributed by atoms with E-state index in [4.69, 9.17) is 26.6 Å². The van der Waals surface area contributed by atoms with E-state index >= 15 is 0 Å². The number of esters is 1. The number of aliphatic carboxylic acids is 2. The maximum absolute atomic E-state index is 12.0. The van der Waals surface area contributed by atoms with Crippen molar-refractivity contribution in [1.29, 1.82) is 0 Å². The normalized spacial score (nSPS) is 11.0. The average molecular weight is 418 g/mol. The van der Waals surface area contributed by atoms with Crippen molar-refractivity contribution in [2.45, 2.75) is 23.5 Å². The molecule has 0 atom stereocenters. The zero-order chi connectivity index (χ0) is 21.0. The van der Waals surface area contributed by atoms with Crippen LogP contribution in [-0.2, 0) is 19.1 Å². The first-order valence-electron chi connectivity index (χ1n) is 7.84. The predicted octanol–water partition coefficient (Wildman–Crippen LogP) is 3.03. The van der Waals surface area contributed by atoms with Crippen molar-refractivity contribution in [3.8, 4) is 0 Å². The van der Waals surface area contributed by atoms with Gasteiger partial charge >= 0.3 is 17.9 Å². The summed E-state index contributed by atoms with van der Waals surface area (Å²) in [6.45, 7) is 4.87. The molecule has 0 fully saturated rings. The molecule has 0 amide bonds. The lowest BCUT2D eigenvalue weighted by Gasteiger charge is -2.22. The van der Waals surface area contributed by atoms with Gasteiger partial charge in [-0.15, -0.1) is 11.8 Å². The highest BCUT2D eigenvalue weighted by Crippen LogP contribution is 2.33. The van der Waals surface area contributed by atoms with Crippen LogP contribution in [0.15, 0.2) is 41.3 Å². The SMILES string of the molecule is CN(C)CCOC(=O)C(C)(C)Sc1ccc(Cl)cc1.O=C(O)/C=C/C(=O)O. The Morgan fingerprint density at radius 2 is 1.59 bits per heavy atom. The topological polar surface area (TPSA) is 104 Å². The van der Waals surface area contributed by atoms with Gasteiger partial charge in [-0.05, 0) is 52.2 Å². The number of carbonyl (C=O) groups excluding carboxylic acids is 1. The molecule has 0 saturated carbocycles. The van der Waals surface area contributed by atoms with Crippen molar-refractivity contribution >= 4 is 41.3 Å². The van der Waals surface area contributed by atoms with Crippen LogP contribution in [0.3, 0.4) is 0 Å². The van der Waals surface area contributed by atoms with E-state index in [1.807, 2.05) is 57.1 Å². The van der Waals surface area contributed by atoms with Crippen LogP contribution in [-0.4, -0.2) is 65.0 Å². The fourth-order valence-electron chi connectivity index (χ4n) is 1.48. The molecule has 1 aromatic carbocycles. The van der Waals surface area contributed by atoms with E-state index in [0.29, 0.717) is 23.8 Å². The number of rotatable bonds is 8. The van der Waals surface area contributed by atoms with E-state index in [1.165, 1.54) is 11.8 Å². The van der Waals surface area contributed by atoms with E-state index in [9.17, 15) is 14.4 Å². The van der Waals surface area contributed by atoms with Crippen molar-refractivity contribution in [2.24, 2.45) is 0 Å². The number of carbonyl (C=O) groups is 3. The van der Waals surface area contributed by atoms with E-state index in [1.54, 1.807) is 0 Å². The Labute approximate surface area is 167 Å². The molecule has 0 aromatic heterocycles. The molecule has 2 N–H and O–H groups in total. The summed E-state index contributed by atoms with van der Waals surface area (Å²) in [6, 6.07) is 7.44. The van der Waals surface area contributed by atoms with Crippen LogP contribution in [0.25, 0.3) is 0 Å². The summed E-state index contributed by atoms with van der Waals surface area (Å²) in [5.74, 6) is -2.71. The minimum Gasteiger partial charge on any atom is -0.478 e. The van der Waals surface area contributed by atoms with Gasteiger partial charge in [-0.25, -0.2) is 9.59 Å². The maximum Gasteiger partial charge on any atom is 0.328 e. The molecule has 0 aliphatic rings. The molecule has 1 rings (SSSR count). The smallest absolute Gasteiger partial charge is 0.328 e. The van der Waals surface area contributed by atoms with Gasteiger partial charge in [-0.3, -0.25) is 4.79 Å². The van der Waals surface area contributed by atoms with Gasteiger partial charge in [0, 0.05) is 28.6 Å². The molecule has 150 valence electrons. The van der Waals surface area contributed by atoms with Crippen LogP contribution in [0.4, 0.5) is 0 Å². The zero-order valence-corrected chi connectivity index (χ0v) is 17.2. The summed E-state index contributed by atoms with van der Waals surface area (Å²) >= 11 is 7.31. The monoisotopic (exact) mass is 417 g/mol. The molecular formula is C18H24ClNO6S. The first-order valence-corrected chi connectivity index (χ1v) is 9.04. The highest BCUT2D eigenvalue weighted by atomic mass is 35.5. The van der Waals surface area contributed by atoms with E-state index in [2.05, 4.69) is 0 Å². The first-order chi connectivity index (χ1) is 12.4. The van der Waals surface area contributed by atoms with Crippen LogP contribution in [0.2, 0.25) is 5.02 Å². The highest BCUT2D eigenvalue weighted by Gasteiger charge is 2.30. The molecule has 0 aliphatic heterocycles. The molecule has 0 unspecified atom stereocenters. The molecule has 9 heteroatoms. The maximum atomic E-state index is 12.0. The molecule has 0 saturated heterocycles. The first kappa shape index (κ1) is 25.0. The third kappa shape index (κ3) is 12.9. The van der Waals surface area contributed by atoms with Gasteiger partial charge in [0.25, 0.3) is 0 Å². The molecule has 0 spiro atoms. The Bertz CT molecular complexity index is 642. The van der Waals surface area contributed by atoms with E-state index in [-0.39, 0.29) is 5.97 Å². The second-order valence-corrected chi connectivity index (χ2v) is 8.15. The van der Waals surface area contributed by atoms with Crippen molar-refractivity contribution in [2.75, 3.05) is 27.2 Å². The Kier molecular flexibility index (Phi) is 11.4. The molecule has 0 radical (unpaired) electrons. The summed E-state index contributed by atoms with van der Waals surface area (Å²) in [4.78, 5) is 34.1. The van der Waals surface area contributed by atoms with Gasteiger partial charge in [0.2, 0.25) is 0 Å². The number of ether oxygens (including phenoxy) is 1. The largest absolute Gasteiger partial charge is 0.478 e. The summed E-state index contributed by atoms with van der Waals surface area (Å²) in [6.07, 6.45) is 1.12. The highest BCUT2D eigenvalue weighted by molar-refractivity contribution is 8.01. The van der Waals surface area contributed by atoms with Crippen LogP contribution >= 0.6 is 23.4 Å². The summed E-state index contributed by atoms with van der Waals surface area (Å²) in [5, 5.41) is 16.3. The lowest BCUT2D eigenvalue weighted by molar-refractivity contribution is -0.146. The lowest BCUT2D eigenvalue weighted by atomic mass is 10.2. The van der Waals surface area contributed by atoms with Crippen molar-refractivity contribution < 1.29 is 29.3 Å². The Hall–Kier alpha value is -2.03. The van der Waals surface area contributed by atoms with Crippen LogP contribution in [0.1, 0.15) is 13.8 Å². The number of thioether (sulfide) groups is 1. The average Bonchev–Trinajstić information content (AvgIpc) is 2.55. The molecule has 0 aliphatic carbocycles. The number of hydrogen-bond acceptors (Lipinski definition) is 6. The van der Waals surface area contributed by atoms with Crippen LogP contribution in [0.5, 0.6) is 0 Å². The molecule has 1 aromatic rings. The Morgan fingerprint density at radius 1 is 1.11 bits per heavy atom. The molecule has 0 bridgehead atoms. The standard InChI is InChI=1S/C14H20ClNO2S.C4H4O4/c1-14(2,13(17)18-10-9-16(3)4)19-12-7-5-11(15)6-8-12;5-3(6)1-2-4(7)8/h5-8H,9-10H2,1-4H3;1-2H,(H,5,6)(H,7,8)/b;2-1+. The van der Waals surface area contributed by atoms with Gasteiger partial charge in [0.15, 0.2) is 0 Å². The Balaban J connectivity index is 0.000000713. The summed E-state index contributed by atoms with van der Waals surface area (Å²) < 4.78 is 4.68. The number of carboxylic acids is 2. The third-order valence-electron chi connectivity index (χ3n) is 2.82. The molecular weight excluding hydrogens is 394 g/mol. The van der Waals surface area contributed by atoms with Gasteiger partial charge in [0.1, 0.15) is 11.4 Å². The number of benzene rings is 1. The van der Waals surface area contributed by atoms with Gasteiger partial charge < -0.3 is 19.8 Å². The van der Waals surface area contributed by atoms with Gasteiger partial charge in [-0.1, -0.05) is 11.6 Å². The van der Waals surface area contributed by atoms with Gasteiger partial charge in [-0.2, -0.15) is 0 Å². The summed E-state index contributed by atoms with van der Waals surface area (Å²) in [7, 11) is 3.89. The quantitative estimate of drug-likeness (QED) is 0.378. The second-order valence-electron chi connectivity index (χ2n) is 6.02. The van der Waals surface area contributed by atoms with Crippen molar-refractivity contribution in [3.63, 3.8) is 0 Å². The fraction of sp³-hybridized carbons (Fsp3) is 0.389. The van der Waals surface area contributed by atoms with Gasteiger partial charge in [0.05, 0.1) is 0 Å². The second kappa shape index (κ2) is 12.4. The van der Waals surface area contributed by atoms with Crippen LogP contribution in [0, 0.1) is 0 Å². The van der Waals surface area contributed by atoms with Crippen molar-refractivity contribution in [1.82, 2.24) is 4.90 Å². The minimum atomic E-state index is -1.26. The Morgan fingerprint density at radius 3 is 2.00 bits per heavy atom. The molecule has 7 nitrogen and oxygen atoms in total. The number of hydrogen-bond donors (Lipinski definition) is 2.